The third-order valence-corrected chi connectivity index (χ3v) is 3.19. The molecule has 0 aliphatic heterocycles. The van der Waals surface area contributed by atoms with Crippen molar-refractivity contribution in [1.29, 1.82) is 0 Å². The van der Waals surface area contributed by atoms with Crippen LogP contribution in [0.3, 0.4) is 0 Å². The normalized spacial score (nSPS) is 16.3. The quantitative estimate of drug-likeness (QED) is 0.281. The average Bonchev–Trinajstić information content (AvgIpc) is 2.30. The summed E-state index contributed by atoms with van der Waals surface area (Å²) < 4.78 is 222. The first-order valence-electron chi connectivity index (χ1n) is 5.50. The van der Waals surface area contributed by atoms with E-state index < -0.39 is 52.3 Å². The molecule has 0 heterocycles. The summed E-state index contributed by atoms with van der Waals surface area (Å²) in [5, 5.41) is 0. The largest absolute Gasteiger partial charge is 0.529 e. The molecule has 0 aromatic heterocycles. The van der Waals surface area contributed by atoms with Crippen LogP contribution in [-0.4, -0.2) is 50.6 Å². The molecule has 0 amide bonds. The Morgan fingerprint density at radius 3 is 1.24 bits per heavy atom. The van der Waals surface area contributed by atoms with E-state index >= 15 is 0 Å². The highest BCUT2D eigenvalue weighted by molar-refractivity contribution is 7.87. The molecule has 0 fully saturated rings. The topological polar surface area (TPSA) is 61.8 Å². The summed E-state index contributed by atoms with van der Waals surface area (Å²) in [6.45, 7) is 0. The highest BCUT2D eigenvalue weighted by Crippen LogP contribution is 2.54. The number of rotatable bonds is 8. The Hall–Kier alpha value is -1.29. The summed E-state index contributed by atoms with van der Waals surface area (Å²) in [5.74, 6) is -15.8. The van der Waals surface area contributed by atoms with Crippen LogP contribution in [0.4, 0.5) is 70.2 Å². The second kappa shape index (κ2) is 7.14. The van der Waals surface area contributed by atoms with Gasteiger partial charge in [-0.25, -0.2) is 4.74 Å². The lowest BCUT2D eigenvalue weighted by atomic mass is 10.1. The van der Waals surface area contributed by atoms with Crippen molar-refractivity contribution in [2.24, 2.45) is 0 Å². The van der Waals surface area contributed by atoms with E-state index in [1.54, 1.807) is 4.74 Å². The van der Waals surface area contributed by atoms with E-state index in [2.05, 4.69) is 0 Å². The van der Waals surface area contributed by atoms with Crippen molar-refractivity contribution in [1.82, 2.24) is 0 Å². The summed E-state index contributed by atoms with van der Waals surface area (Å²) in [6.07, 6.45) is -28.6. The van der Waals surface area contributed by atoms with Gasteiger partial charge < -0.3 is 0 Å². The Morgan fingerprint density at radius 1 is 0.552 bits per heavy atom. The van der Waals surface area contributed by atoms with Crippen LogP contribution in [0.2, 0.25) is 0 Å². The predicted octanol–water partition coefficient (Wildman–Crippen LogP) is 4.41. The first-order valence-corrected chi connectivity index (χ1v) is 6.91. The van der Waals surface area contributed by atoms with Crippen LogP contribution < -0.4 is 0 Å². The van der Waals surface area contributed by atoms with E-state index in [9.17, 15) is 78.7 Å². The molecular weight excluding hydrogens is 500 g/mol. The molecule has 0 saturated heterocycles. The van der Waals surface area contributed by atoms with Crippen LogP contribution in [-0.2, 0) is 23.8 Å². The first kappa shape index (κ1) is 27.7. The van der Waals surface area contributed by atoms with E-state index in [0.717, 1.165) is 0 Å². The van der Waals surface area contributed by atoms with Gasteiger partial charge in [-0.2, -0.15) is 65.6 Å². The maximum absolute atomic E-state index is 12.9. The number of ether oxygens (including phenoxy) is 2. The summed E-state index contributed by atoms with van der Waals surface area (Å²) in [7, 11) is -8.21. The van der Waals surface area contributed by atoms with Crippen molar-refractivity contribution in [3.63, 3.8) is 0 Å². The lowest BCUT2D eigenvalue weighted by Gasteiger charge is -2.33. The third kappa shape index (κ3) is 5.87. The predicted molar refractivity (Wildman–Crippen MR) is 49.0 cm³/mol. The zero-order valence-corrected chi connectivity index (χ0v) is 12.8. The maximum atomic E-state index is 12.9. The summed E-state index contributed by atoms with van der Waals surface area (Å²) in [4.78, 5) is 0. The second-order valence-corrected chi connectivity index (χ2v) is 5.83. The monoisotopic (exact) mass is 500 g/mol. The zero-order valence-electron chi connectivity index (χ0n) is 12.0. The number of hydrogen-bond donors (Lipinski definition) is 0. The first-order chi connectivity index (χ1) is 12.1. The molecule has 0 spiro atoms. The van der Waals surface area contributed by atoms with Gasteiger partial charge in [0.15, 0.2) is 0 Å². The molecule has 0 rings (SSSR count). The molecule has 0 bridgehead atoms. The SMILES string of the molecule is O=S(=O)(OC(F)(F)C(F)(F)C(F)(F)C(F)(F)F)C(F)(F)OC(F)(F)OC(F)(F)F. The number of alkyl halides is 16. The molecule has 0 unspecified atom stereocenters. The van der Waals surface area contributed by atoms with Crippen molar-refractivity contribution in [3.05, 3.63) is 0 Å². The molecule has 176 valence electrons. The van der Waals surface area contributed by atoms with E-state index in [-0.39, 0.29) is 0 Å². The van der Waals surface area contributed by atoms with Gasteiger partial charge in [-0.1, -0.05) is 0 Å². The fourth-order valence-electron chi connectivity index (χ4n) is 0.944. The van der Waals surface area contributed by atoms with E-state index in [1.807, 2.05) is 0 Å². The summed E-state index contributed by atoms with van der Waals surface area (Å²) in [5.41, 5.74) is -7.19. The van der Waals surface area contributed by atoms with Crippen LogP contribution in [0.1, 0.15) is 0 Å². The van der Waals surface area contributed by atoms with Crippen molar-refractivity contribution in [3.8, 4) is 0 Å². The van der Waals surface area contributed by atoms with E-state index in [1.165, 1.54) is 8.92 Å². The second-order valence-electron chi connectivity index (χ2n) is 4.28. The Kier molecular flexibility index (Phi) is 6.83. The van der Waals surface area contributed by atoms with Crippen molar-refractivity contribution >= 4 is 10.1 Å². The molecule has 22 heteroatoms. The summed E-state index contributed by atoms with van der Waals surface area (Å²) >= 11 is 0. The molecule has 5 nitrogen and oxygen atoms in total. The standard InChI is InChI=1S/C7F16O5S/c8-1(9,3(12,13)14)2(10,11)4(15,16)28-29(24,25)7(22,23)27-6(20,21)26-5(17,18)19. The van der Waals surface area contributed by atoms with Gasteiger partial charge in [-0.3, -0.25) is 0 Å². The molecule has 0 radical (unpaired) electrons. The van der Waals surface area contributed by atoms with Crippen molar-refractivity contribution < 1.29 is 92.3 Å². The van der Waals surface area contributed by atoms with Crippen LogP contribution in [0.25, 0.3) is 0 Å². The van der Waals surface area contributed by atoms with Crippen LogP contribution >= 0.6 is 0 Å². The van der Waals surface area contributed by atoms with Gasteiger partial charge in [-0.15, -0.1) is 22.0 Å². The number of hydrogen-bond acceptors (Lipinski definition) is 5. The lowest BCUT2D eigenvalue weighted by molar-refractivity contribution is -0.523. The minimum atomic E-state index is -8.21. The van der Waals surface area contributed by atoms with Crippen molar-refractivity contribution in [2.75, 3.05) is 0 Å². The molecular formula is C7F16O5S. The Morgan fingerprint density at radius 2 is 0.931 bits per heavy atom. The van der Waals surface area contributed by atoms with Crippen LogP contribution in [0, 0.1) is 0 Å². The van der Waals surface area contributed by atoms with Gasteiger partial charge in [0.2, 0.25) is 0 Å². The van der Waals surface area contributed by atoms with Gasteiger partial charge in [0.25, 0.3) is 0 Å². The molecule has 0 saturated carbocycles. The van der Waals surface area contributed by atoms with Gasteiger partial charge >= 0.3 is 52.3 Å². The minimum Gasteiger partial charge on any atom is -0.214 e. The van der Waals surface area contributed by atoms with Gasteiger partial charge in [0.1, 0.15) is 0 Å². The highest BCUT2D eigenvalue weighted by atomic mass is 32.2. The Balaban J connectivity index is 5.94. The molecule has 29 heavy (non-hydrogen) atoms. The zero-order chi connectivity index (χ0) is 24.1. The van der Waals surface area contributed by atoms with Gasteiger partial charge in [0, 0.05) is 0 Å². The Bertz CT molecular complexity index is 689. The summed E-state index contributed by atoms with van der Waals surface area (Å²) in [6, 6.07) is 0. The molecule has 0 aromatic carbocycles. The van der Waals surface area contributed by atoms with Gasteiger partial charge in [-0.05, 0) is 0 Å². The minimum absolute atomic E-state index is 1.48. The number of halogens is 16. The average molecular weight is 500 g/mol. The third-order valence-electron chi connectivity index (χ3n) is 2.09. The fourth-order valence-corrected chi connectivity index (χ4v) is 1.62. The smallest absolute Gasteiger partial charge is 0.214 e. The van der Waals surface area contributed by atoms with E-state index in [4.69, 9.17) is 0 Å². The lowest BCUT2D eigenvalue weighted by Crippen LogP contribution is -2.62. The fraction of sp³-hybridized carbons (Fsp3) is 1.00. The van der Waals surface area contributed by atoms with E-state index in [0.29, 0.717) is 0 Å². The maximum Gasteiger partial charge on any atom is 0.529 e. The van der Waals surface area contributed by atoms with Crippen molar-refractivity contribution in [2.45, 2.75) is 42.2 Å². The van der Waals surface area contributed by atoms with Gasteiger partial charge in [0.05, 0.1) is 0 Å². The molecule has 0 aliphatic rings. The molecule has 0 atom stereocenters. The molecule has 0 N–H and O–H groups in total. The van der Waals surface area contributed by atoms with Crippen LogP contribution in [0.5, 0.6) is 0 Å². The highest BCUT2D eigenvalue weighted by Gasteiger charge is 2.84. The molecule has 0 aliphatic carbocycles. The molecule has 0 aromatic rings. The van der Waals surface area contributed by atoms with Crippen LogP contribution in [0.15, 0.2) is 0 Å². The Labute approximate surface area is 146 Å².